The van der Waals surface area contributed by atoms with Crippen LogP contribution in [0.25, 0.3) is 16.9 Å². The van der Waals surface area contributed by atoms with Crippen molar-refractivity contribution in [1.82, 2.24) is 15.1 Å². The van der Waals surface area contributed by atoms with Gasteiger partial charge >= 0.3 is 0 Å². The van der Waals surface area contributed by atoms with Crippen molar-refractivity contribution >= 4 is 17.5 Å². The van der Waals surface area contributed by atoms with Crippen LogP contribution in [0.5, 0.6) is 5.75 Å². The maximum Gasteiger partial charge on any atom is 0.255 e. The number of hydrogen-bond acceptors (Lipinski definition) is 4. The largest absolute Gasteiger partial charge is 0.497 e. The van der Waals surface area contributed by atoms with Crippen LogP contribution in [0.1, 0.15) is 22.8 Å². The summed E-state index contributed by atoms with van der Waals surface area (Å²) in [4.78, 5) is 25.7. The van der Waals surface area contributed by atoms with Crippen molar-refractivity contribution in [2.24, 2.45) is 0 Å². The number of ether oxygens (including phenoxy) is 1. The molecule has 0 aliphatic rings. The summed E-state index contributed by atoms with van der Waals surface area (Å²) in [5, 5.41) is 10.3. The number of carbonyl (C=O) groups is 2. The summed E-state index contributed by atoms with van der Waals surface area (Å²) < 4.78 is 6.99. The average Bonchev–Trinajstić information content (AvgIpc) is 3.34. The van der Waals surface area contributed by atoms with Crippen molar-refractivity contribution < 1.29 is 14.3 Å². The average molecular weight is 455 g/mol. The van der Waals surface area contributed by atoms with Gasteiger partial charge in [0.1, 0.15) is 11.4 Å². The molecule has 0 atom stereocenters. The minimum Gasteiger partial charge on any atom is -0.497 e. The number of hydrogen-bond donors (Lipinski definition) is 2. The third-order valence-corrected chi connectivity index (χ3v) is 5.40. The standard InChI is InChI=1S/C27H26N4O3/c1-3-19-10-7-8-15-24(19)29-25(32)17-28-27(33)23-18-31(21-12-5-4-6-13-21)30-26(23)20-11-9-14-22(16-20)34-2/h4-16,18H,3,17H2,1-2H3,(H,28,33)(H,29,32). The summed E-state index contributed by atoms with van der Waals surface area (Å²) >= 11 is 0. The molecular weight excluding hydrogens is 428 g/mol. The van der Waals surface area contributed by atoms with Gasteiger partial charge in [0.05, 0.1) is 24.9 Å². The Morgan fingerprint density at radius 3 is 2.50 bits per heavy atom. The summed E-state index contributed by atoms with van der Waals surface area (Å²) in [6.45, 7) is 1.86. The Labute approximate surface area is 198 Å². The van der Waals surface area contributed by atoms with E-state index in [1.54, 1.807) is 18.0 Å². The van der Waals surface area contributed by atoms with Gasteiger partial charge < -0.3 is 15.4 Å². The molecule has 4 rings (SSSR count). The fourth-order valence-corrected chi connectivity index (χ4v) is 3.64. The number of rotatable bonds is 8. The van der Waals surface area contributed by atoms with Gasteiger partial charge in [0.25, 0.3) is 5.91 Å². The lowest BCUT2D eigenvalue weighted by Crippen LogP contribution is -2.33. The van der Waals surface area contributed by atoms with E-state index < -0.39 is 0 Å². The highest BCUT2D eigenvalue weighted by atomic mass is 16.5. The molecule has 2 amide bonds. The summed E-state index contributed by atoms with van der Waals surface area (Å²) in [6, 6.07) is 24.5. The number of aryl methyl sites for hydroxylation is 1. The fraction of sp³-hybridized carbons (Fsp3) is 0.148. The van der Waals surface area contributed by atoms with Crippen molar-refractivity contribution in [2.75, 3.05) is 19.0 Å². The molecule has 2 N–H and O–H groups in total. The van der Waals surface area contributed by atoms with Gasteiger partial charge in [0.15, 0.2) is 0 Å². The van der Waals surface area contributed by atoms with E-state index in [9.17, 15) is 9.59 Å². The SMILES string of the molecule is CCc1ccccc1NC(=O)CNC(=O)c1cn(-c2ccccc2)nc1-c1cccc(OC)c1. The second-order valence-electron chi connectivity index (χ2n) is 7.65. The molecule has 34 heavy (non-hydrogen) atoms. The Kier molecular flexibility index (Phi) is 7.03. The van der Waals surface area contributed by atoms with Crippen LogP contribution < -0.4 is 15.4 Å². The molecular formula is C27H26N4O3. The predicted octanol–water partition coefficient (Wildman–Crippen LogP) is 4.48. The zero-order valence-corrected chi connectivity index (χ0v) is 19.1. The van der Waals surface area contributed by atoms with Crippen molar-refractivity contribution in [3.63, 3.8) is 0 Å². The number of carbonyl (C=O) groups excluding carboxylic acids is 2. The first-order valence-corrected chi connectivity index (χ1v) is 11.0. The van der Waals surface area contributed by atoms with E-state index in [4.69, 9.17) is 4.74 Å². The molecule has 0 radical (unpaired) electrons. The molecule has 0 unspecified atom stereocenters. The Morgan fingerprint density at radius 2 is 1.74 bits per heavy atom. The molecule has 7 heteroatoms. The Morgan fingerprint density at radius 1 is 0.971 bits per heavy atom. The van der Waals surface area contributed by atoms with Crippen LogP contribution in [-0.2, 0) is 11.2 Å². The van der Waals surface area contributed by atoms with Crippen LogP contribution >= 0.6 is 0 Å². The van der Waals surface area contributed by atoms with Gasteiger partial charge in [-0.3, -0.25) is 9.59 Å². The maximum atomic E-state index is 13.1. The van der Waals surface area contributed by atoms with E-state index in [0.717, 1.165) is 28.9 Å². The van der Waals surface area contributed by atoms with E-state index in [0.29, 0.717) is 17.0 Å². The molecule has 7 nitrogen and oxygen atoms in total. The van der Waals surface area contributed by atoms with Crippen LogP contribution in [0.4, 0.5) is 5.69 Å². The topological polar surface area (TPSA) is 85.3 Å². The molecule has 1 aromatic heterocycles. The first-order valence-electron chi connectivity index (χ1n) is 11.0. The van der Waals surface area contributed by atoms with Crippen molar-refractivity contribution in [3.05, 3.63) is 96.2 Å². The molecule has 0 saturated heterocycles. The lowest BCUT2D eigenvalue weighted by atomic mass is 10.1. The Hall–Kier alpha value is -4.39. The lowest BCUT2D eigenvalue weighted by Gasteiger charge is -2.10. The van der Waals surface area contributed by atoms with Gasteiger partial charge in [-0.25, -0.2) is 4.68 Å². The summed E-state index contributed by atoms with van der Waals surface area (Å²) in [5.41, 5.74) is 4.20. The maximum absolute atomic E-state index is 13.1. The molecule has 0 fully saturated rings. The zero-order valence-electron chi connectivity index (χ0n) is 19.1. The summed E-state index contributed by atoms with van der Waals surface area (Å²) in [7, 11) is 1.59. The number of amides is 2. The number of aromatic nitrogens is 2. The molecule has 3 aromatic carbocycles. The summed E-state index contributed by atoms with van der Waals surface area (Å²) in [6.07, 6.45) is 2.47. The molecule has 0 aliphatic carbocycles. The van der Waals surface area contributed by atoms with Crippen LogP contribution in [0.3, 0.4) is 0 Å². The Bertz CT molecular complexity index is 1300. The molecule has 0 saturated carbocycles. The molecule has 0 aliphatic heterocycles. The number of benzene rings is 3. The van der Waals surface area contributed by atoms with E-state index >= 15 is 0 Å². The lowest BCUT2D eigenvalue weighted by molar-refractivity contribution is -0.115. The smallest absolute Gasteiger partial charge is 0.255 e. The highest BCUT2D eigenvalue weighted by Gasteiger charge is 2.20. The number of nitrogens with zero attached hydrogens (tertiary/aromatic N) is 2. The fourth-order valence-electron chi connectivity index (χ4n) is 3.64. The Balaban J connectivity index is 1.57. The second kappa shape index (κ2) is 10.5. The quantitative estimate of drug-likeness (QED) is 0.411. The zero-order chi connectivity index (χ0) is 23.9. The third kappa shape index (κ3) is 5.15. The molecule has 172 valence electrons. The molecule has 0 spiro atoms. The van der Waals surface area contributed by atoms with Crippen LogP contribution in [0.2, 0.25) is 0 Å². The van der Waals surface area contributed by atoms with Gasteiger partial charge in [-0.2, -0.15) is 5.10 Å². The van der Waals surface area contributed by atoms with Crippen LogP contribution in [0, 0.1) is 0 Å². The minimum absolute atomic E-state index is 0.162. The van der Waals surface area contributed by atoms with Crippen molar-refractivity contribution in [3.8, 4) is 22.7 Å². The van der Waals surface area contributed by atoms with Crippen molar-refractivity contribution in [1.29, 1.82) is 0 Å². The molecule has 1 heterocycles. The van der Waals surface area contributed by atoms with Gasteiger partial charge in [-0.1, -0.05) is 55.5 Å². The number of methoxy groups -OCH3 is 1. The van der Waals surface area contributed by atoms with E-state index in [-0.39, 0.29) is 18.4 Å². The van der Waals surface area contributed by atoms with Crippen LogP contribution in [0.15, 0.2) is 85.1 Å². The van der Waals surface area contributed by atoms with E-state index in [1.807, 2.05) is 85.8 Å². The van der Waals surface area contributed by atoms with Gasteiger partial charge in [-0.15, -0.1) is 0 Å². The normalized spacial score (nSPS) is 10.5. The first kappa shape index (κ1) is 22.8. The monoisotopic (exact) mass is 454 g/mol. The third-order valence-electron chi connectivity index (χ3n) is 5.40. The van der Waals surface area contributed by atoms with E-state index in [1.165, 1.54) is 0 Å². The number of nitrogens with one attached hydrogen (secondary N) is 2. The number of para-hydroxylation sites is 2. The predicted molar refractivity (Wildman–Crippen MR) is 132 cm³/mol. The highest BCUT2D eigenvalue weighted by molar-refractivity contribution is 6.03. The van der Waals surface area contributed by atoms with Gasteiger partial charge in [0, 0.05) is 17.4 Å². The highest BCUT2D eigenvalue weighted by Crippen LogP contribution is 2.27. The summed E-state index contributed by atoms with van der Waals surface area (Å²) in [5.74, 6) is -0.0290. The second-order valence-corrected chi connectivity index (χ2v) is 7.65. The molecule has 4 aromatic rings. The van der Waals surface area contributed by atoms with Crippen molar-refractivity contribution in [2.45, 2.75) is 13.3 Å². The molecule has 0 bridgehead atoms. The van der Waals surface area contributed by atoms with Gasteiger partial charge in [-0.05, 0) is 42.3 Å². The van der Waals surface area contributed by atoms with Gasteiger partial charge in [0.2, 0.25) is 5.91 Å². The van der Waals surface area contributed by atoms with E-state index in [2.05, 4.69) is 15.7 Å². The minimum atomic E-state index is -0.390. The van der Waals surface area contributed by atoms with Crippen LogP contribution in [-0.4, -0.2) is 35.2 Å². The number of anilines is 1. The first-order chi connectivity index (χ1) is 16.6.